The number of benzene rings is 1. The first-order valence-corrected chi connectivity index (χ1v) is 5.86. The first-order chi connectivity index (χ1) is 6.16. The molecule has 1 aromatic rings. The molecule has 0 saturated carbocycles. The third kappa shape index (κ3) is 2.68. The SMILES string of the molecule is COCc1c(Cl)cccc1S(=O)Cl. The topological polar surface area (TPSA) is 26.3 Å². The van der Waals surface area contributed by atoms with Crippen molar-refractivity contribution >= 4 is 32.3 Å². The second kappa shape index (κ2) is 4.96. The van der Waals surface area contributed by atoms with Crippen LogP contribution in [0.25, 0.3) is 0 Å². The maximum absolute atomic E-state index is 11.1. The molecular weight excluding hydrogens is 231 g/mol. The van der Waals surface area contributed by atoms with E-state index in [1.54, 1.807) is 25.3 Å². The highest BCUT2D eigenvalue weighted by Crippen LogP contribution is 2.24. The minimum atomic E-state index is -1.54. The first kappa shape index (κ1) is 11.0. The van der Waals surface area contributed by atoms with Gasteiger partial charge >= 0.3 is 0 Å². The van der Waals surface area contributed by atoms with Crippen molar-refractivity contribution in [2.24, 2.45) is 0 Å². The highest BCUT2D eigenvalue weighted by molar-refractivity contribution is 8.08. The third-order valence-electron chi connectivity index (χ3n) is 1.54. The Morgan fingerprint density at radius 3 is 2.77 bits per heavy atom. The van der Waals surface area contributed by atoms with Crippen LogP contribution < -0.4 is 0 Å². The fourth-order valence-electron chi connectivity index (χ4n) is 0.974. The largest absolute Gasteiger partial charge is 0.380 e. The summed E-state index contributed by atoms with van der Waals surface area (Å²) in [6.45, 7) is 0.313. The highest BCUT2D eigenvalue weighted by Gasteiger charge is 2.10. The van der Waals surface area contributed by atoms with Gasteiger partial charge < -0.3 is 4.74 Å². The van der Waals surface area contributed by atoms with Crippen LogP contribution in [0.1, 0.15) is 5.56 Å². The van der Waals surface area contributed by atoms with Crippen LogP contribution in [0.3, 0.4) is 0 Å². The van der Waals surface area contributed by atoms with Crippen LogP contribution >= 0.6 is 22.3 Å². The van der Waals surface area contributed by atoms with E-state index in [9.17, 15) is 4.21 Å². The summed E-state index contributed by atoms with van der Waals surface area (Å²) in [7, 11) is 5.48. The van der Waals surface area contributed by atoms with Gasteiger partial charge in [-0.3, -0.25) is 0 Å². The number of rotatable bonds is 3. The molecule has 0 aliphatic rings. The fraction of sp³-hybridized carbons (Fsp3) is 0.250. The van der Waals surface area contributed by atoms with Gasteiger partial charge in [-0.25, -0.2) is 4.21 Å². The van der Waals surface area contributed by atoms with Gasteiger partial charge in [-0.2, -0.15) is 0 Å². The smallest absolute Gasteiger partial charge is 0.147 e. The molecule has 0 fully saturated rings. The van der Waals surface area contributed by atoms with Crippen LogP contribution in [0.5, 0.6) is 0 Å². The molecule has 72 valence electrons. The quantitative estimate of drug-likeness (QED) is 0.758. The van der Waals surface area contributed by atoms with Crippen LogP contribution in [0, 0.1) is 0 Å². The Morgan fingerprint density at radius 1 is 1.54 bits per heavy atom. The number of ether oxygens (including phenoxy) is 1. The average Bonchev–Trinajstić information content (AvgIpc) is 2.08. The Balaban J connectivity index is 3.17. The predicted octanol–water partition coefficient (Wildman–Crippen LogP) is 2.75. The highest BCUT2D eigenvalue weighted by atomic mass is 35.7. The fourth-order valence-corrected chi connectivity index (χ4v) is 2.24. The summed E-state index contributed by atoms with van der Waals surface area (Å²) in [4.78, 5) is 0.510. The summed E-state index contributed by atoms with van der Waals surface area (Å²) >= 11 is 5.88. The normalized spacial score (nSPS) is 12.8. The number of hydrogen-bond donors (Lipinski definition) is 0. The van der Waals surface area contributed by atoms with Crippen LogP contribution in [0.15, 0.2) is 23.1 Å². The predicted molar refractivity (Wildman–Crippen MR) is 54.4 cm³/mol. The lowest BCUT2D eigenvalue weighted by molar-refractivity contribution is 0.183. The molecule has 1 rings (SSSR count). The molecule has 1 unspecified atom stereocenters. The van der Waals surface area contributed by atoms with E-state index in [1.807, 2.05) is 0 Å². The van der Waals surface area contributed by atoms with Gasteiger partial charge in [0.25, 0.3) is 0 Å². The van der Waals surface area contributed by atoms with Crippen LogP contribution in [0.2, 0.25) is 5.02 Å². The molecule has 0 saturated heterocycles. The summed E-state index contributed by atoms with van der Waals surface area (Å²) < 4.78 is 16.0. The van der Waals surface area contributed by atoms with Gasteiger partial charge in [-0.15, -0.1) is 0 Å². The van der Waals surface area contributed by atoms with E-state index in [0.29, 0.717) is 22.1 Å². The summed E-state index contributed by atoms with van der Waals surface area (Å²) in [5.74, 6) is 0. The average molecular weight is 239 g/mol. The summed E-state index contributed by atoms with van der Waals surface area (Å²) in [5.41, 5.74) is 0.681. The van der Waals surface area contributed by atoms with Gasteiger partial charge in [0.1, 0.15) is 10.0 Å². The van der Waals surface area contributed by atoms with Gasteiger partial charge in [0, 0.05) is 17.7 Å². The van der Waals surface area contributed by atoms with Crippen molar-refractivity contribution in [3.63, 3.8) is 0 Å². The van der Waals surface area contributed by atoms with Crippen molar-refractivity contribution in [2.75, 3.05) is 7.11 Å². The van der Waals surface area contributed by atoms with E-state index in [2.05, 4.69) is 0 Å². The van der Waals surface area contributed by atoms with Gasteiger partial charge in [0.05, 0.1) is 11.5 Å². The zero-order chi connectivity index (χ0) is 9.84. The van der Waals surface area contributed by atoms with Crippen LogP contribution in [0.4, 0.5) is 0 Å². The lowest BCUT2D eigenvalue weighted by Crippen LogP contribution is -1.95. The minimum Gasteiger partial charge on any atom is -0.380 e. The van der Waals surface area contributed by atoms with E-state index in [-0.39, 0.29) is 0 Å². The molecule has 0 N–H and O–H groups in total. The number of methoxy groups -OCH3 is 1. The van der Waals surface area contributed by atoms with Crippen molar-refractivity contribution < 1.29 is 8.95 Å². The lowest BCUT2D eigenvalue weighted by atomic mass is 10.2. The molecule has 0 aliphatic carbocycles. The van der Waals surface area contributed by atoms with E-state index in [4.69, 9.17) is 27.0 Å². The molecule has 0 bridgehead atoms. The Morgan fingerprint density at radius 2 is 2.23 bits per heavy atom. The maximum atomic E-state index is 11.1. The molecule has 0 spiro atoms. The third-order valence-corrected chi connectivity index (χ3v) is 3.12. The Labute approximate surface area is 88.8 Å². The Kier molecular flexibility index (Phi) is 4.19. The standard InChI is InChI=1S/C8H8Cl2O2S/c1-12-5-6-7(9)3-2-4-8(6)13(10)11/h2-4H,5H2,1H3. The second-order valence-corrected chi connectivity index (χ2v) is 4.51. The Bertz CT molecular complexity index is 328. The van der Waals surface area contributed by atoms with Crippen molar-refractivity contribution in [1.29, 1.82) is 0 Å². The zero-order valence-corrected chi connectivity index (χ0v) is 9.25. The molecule has 5 heteroatoms. The van der Waals surface area contributed by atoms with Gasteiger partial charge in [-0.1, -0.05) is 17.7 Å². The molecular formula is C8H8Cl2O2S. The van der Waals surface area contributed by atoms with Gasteiger partial charge in [0.2, 0.25) is 0 Å². The van der Waals surface area contributed by atoms with Crippen molar-refractivity contribution in [3.8, 4) is 0 Å². The molecule has 0 aromatic heterocycles. The van der Waals surface area contributed by atoms with E-state index in [0.717, 1.165) is 0 Å². The molecule has 2 nitrogen and oxygen atoms in total. The van der Waals surface area contributed by atoms with Crippen molar-refractivity contribution in [1.82, 2.24) is 0 Å². The zero-order valence-electron chi connectivity index (χ0n) is 6.92. The summed E-state index contributed by atoms with van der Waals surface area (Å²) in [6.07, 6.45) is 0. The van der Waals surface area contributed by atoms with E-state index >= 15 is 0 Å². The van der Waals surface area contributed by atoms with Crippen LogP contribution in [-0.4, -0.2) is 11.3 Å². The molecule has 1 aromatic carbocycles. The molecule has 0 heterocycles. The minimum absolute atomic E-state index is 0.313. The lowest BCUT2D eigenvalue weighted by Gasteiger charge is -2.06. The first-order valence-electron chi connectivity index (χ1n) is 3.51. The number of hydrogen-bond acceptors (Lipinski definition) is 2. The molecule has 13 heavy (non-hydrogen) atoms. The van der Waals surface area contributed by atoms with Crippen molar-refractivity contribution in [2.45, 2.75) is 11.5 Å². The van der Waals surface area contributed by atoms with Gasteiger partial charge in [0.15, 0.2) is 0 Å². The summed E-state index contributed by atoms with van der Waals surface area (Å²) in [5, 5.41) is 0.522. The molecule has 0 aliphatic heterocycles. The molecule has 0 amide bonds. The van der Waals surface area contributed by atoms with Crippen molar-refractivity contribution in [3.05, 3.63) is 28.8 Å². The van der Waals surface area contributed by atoms with Crippen LogP contribution in [-0.2, 0) is 21.4 Å². The second-order valence-electron chi connectivity index (χ2n) is 2.37. The Hall–Kier alpha value is -0.0900. The maximum Gasteiger partial charge on any atom is 0.147 e. The van der Waals surface area contributed by atoms with E-state index in [1.165, 1.54) is 0 Å². The van der Waals surface area contributed by atoms with E-state index < -0.39 is 10.0 Å². The molecule has 1 atom stereocenters. The summed E-state index contributed by atoms with van der Waals surface area (Å²) in [6, 6.07) is 5.09. The molecule has 0 radical (unpaired) electrons. The number of halogens is 2. The van der Waals surface area contributed by atoms with Gasteiger partial charge in [-0.05, 0) is 22.8 Å². The monoisotopic (exact) mass is 238 g/mol.